The lowest BCUT2D eigenvalue weighted by Crippen LogP contribution is -2.07. The molecule has 78 valence electrons. The zero-order chi connectivity index (χ0) is 11.2. The first kappa shape index (κ1) is 10.7. The molecule has 2 nitrogen and oxygen atoms in total. The molecule has 0 unspecified atom stereocenters. The number of rotatable bonds is 0. The van der Waals surface area contributed by atoms with Gasteiger partial charge in [0.15, 0.2) is 0 Å². The van der Waals surface area contributed by atoms with E-state index < -0.39 is 0 Å². The summed E-state index contributed by atoms with van der Waals surface area (Å²) in [7, 11) is 0. The van der Waals surface area contributed by atoms with Gasteiger partial charge >= 0.3 is 0 Å². The number of hydrogen-bond donors (Lipinski definition) is 1. The molecule has 0 saturated heterocycles. The third-order valence-electron chi connectivity index (χ3n) is 2.39. The van der Waals surface area contributed by atoms with Crippen LogP contribution in [-0.4, -0.2) is 4.98 Å². The molecule has 0 saturated carbocycles. The lowest BCUT2D eigenvalue weighted by molar-refractivity contribution is 1.20. The summed E-state index contributed by atoms with van der Waals surface area (Å²) in [6.45, 7) is 3.79. The predicted octanol–water partition coefficient (Wildman–Crippen LogP) is 3.56. The van der Waals surface area contributed by atoms with Crippen molar-refractivity contribution < 1.29 is 0 Å². The molecule has 1 aromatic carbocycles. The molecule has 4 heteroatoms. The highest BCUT2D eigenvalue weighted by atomic mass is 79.9. The fraction of sp³-hybridized carbons (Fsp3) is 0.182. The molecule has 1 N–H and O–H groups in total. The molecule has 2 rings (SSSR count). The van der Waals surface area contributed by atoms with E-state index in [4.69, 9.17) is 11.6 Å². The number of halogens is 2. The molecule has 0 amide bonds. The van der Waals surface area contributed by atoms with Crippen molar-refractivity contribution >= 4 is 38.4 Å². The minimum Gasteiger partial charge on any atom is -0.357 e. The predicted molar refractivity (Wildman–Crippen MR) is 66.8 cm³/mol. The van der Waals surface area contributed by atoms with Crippen molar-refractivity contribution in [2.75, 3.05) is 0 Å². The van der Waals surface area contributed by atoms with E-state index >= 15 is 0 Å². The summed E-state index contributed by atoms with van der Waals surface area (Å²) < 4.78 is 0.566. The van der Waals surface area contributed by atoms with Gasteiger partial charge in [0.2, 0.25) is 5.43 Å². The van der Waals surface area contributed by atoms with E-state index in [1.165, 1.54) is 0 Å². The highest BCUT2D eigenvalue weighted by Gasteiger charge is 2.08. The largest absolute Gasteiger partial charge is 0.357 e. The molecule has 0 aliphatic heterocycles. The van der Waals surface area contributed by atoms with Crippen molar-refractivity contribution in [3.05, 3.63) is 43.1 Å². The molecule has 0 bridgehead atoms. The van der Waals surface area contributed by atoms with E-state index in [1.807, 2.05) is 19.9 Å². The van der Waals surface area contributed by atoms with Crippen molar-refractivity contribution in [3.8, 4) is 0 Å². The van der Waals surface area contributed by atoms with Crippen molar-refractivity contribution in [2.24, 2.45) is 0 Å². The van der Waals surface area contributed by atoms with E-state index in [2.05, 4.69) is 20.9 Å². The van der Waals surface area contributed by atoms with E-state index in [0.717, 1.165) is 16.8 Å². The van der Waals surface area contributed by atoms with Gasteiger partial charge in [0.05, 0.1) is 9.99 Å². The van der Waals surface area contributed by atoms with Gasteiger partial charge in [-0.3, -0.25) is 4.79 Å². The number of nitrogens with one attached hydrogen (secondary N) is 1. The molecule has 0 aliphatic rings. The molecule has 2 aromatic rings. The summed E-state index contributed by atoms with van der Waals surface area (Å²) in [5.41, 5.74) is 2.64. The summed E-state index contributed by atoms with van der Waals surface area (Å²) >= 11 is 9.18. The van der Waals surface area contributed by atoms with Crippen LogP contribution in [0.3, 0.4) is 0 Å². The third kappa shape index (κ3) is 1.70. The second-order valence-electron chi connectivity index (χ2n) is 3.54. The normalized spacial score (nSPS) is 10.9. The average Bonchev–Trinajstić information content (AvgIpc) is 2.17. The number of hydrogen-bond acceptors (Lipinski definition) is 1. The summed E-state index contributed by atoms with van der Waals surface area (Å²) in [5.74, 6) is 0. The van der Waals surface area contributed by atoms with Crippen molar-refractivity contribution in [3.63, 3.8) is 0 Å². The number of aryl methyl sites for hydroxylation is 2. The first-order valence-corrected chi connectivity index (χ1v) is 5.66. The van der Waals surface area contributed by atoms with Gasteiger partial charge in [0.1, 0.15) is 0 Å². The topological polar surface area (TPSA) is 32.9 Å². The van der Waals surface area contributed by atoms with E-state index in [9.17, 15) is 4.79 Å². The Balaban J connectivity index is 3.06. The Labute approximate surface area is 100 Å². The van der Waals surface area contributed by atoms with Crippen LogP contribution in [-0.2, 0) is 0 Å². The van der Waals surface area contributed by atoms with Crippen molar-refractivity contribution in [1.82, 2.24) is 4.98 Å². The number of benzene rings is 1. The summed E-state index contributed by atoms with van der Waals surface area (Å²) in [4.78, 5) is 15.1. The van der Waals surface area contributed by atoms with Crippen LogP contribution < -0.4 is 5.43 Å². The van der Waals surface area contributed by atoms with Gasteiger partial charge in [0, 0.05) is 16.1 Å². The van der Waals surface area contributed by atoms with Gasteiger partial charge in [0.25, 0.3) is 0 Å². The second kappa shape index (κ2) is 3.65. The Hall–Kier alpha value is -0.800. The molecular formula is C11H9BrClNO. The fourth-order valence-electron chi connectivity index (χ4n) is 1.62. The van der Waals surface area contributed by atoms with Crippen LogP contribution >= 0.6 is 27.5 Å². The molecule has 1 heterocycles. The maximum atomic E-state index is 11.9. The lowest BCUT2D eigenvalue weighted by Gasteiger charge is -2.06. The van der Waals surface area contributed by atoms with Crippen LogP contribution in [0.2, 0.25) is 5.02 Å². The third-order valence-corrected chi connectivity index (χ3v) is 3.56. The summed E-state index contributed by atoms with van der Waals surface area (Å²) in [6.07, 6.45) is 0. The Kier molecular flexibility index (Phi) is 2.61. The first-order valence-electron chi connectivity index (χ1n) is 4.49. The lowest BCUT2D eigenvalue weighted by atomic mass is 10.1. The summed E-state index contributed by atoms with van der Waals surface area (Å²) in [6, 6.07) is 3.53. The zero-order valence-electron chi connectivity index (χ0n) is 8.32. The SMILES string of the molecule is Cc1[nH]c2c(C)cc(Cl)cc2c(=O)c1Br. The quantitative estimate of drug-likeness (QED) is 0.789. The van der Waals surface area contributed by atoms with Gasteiger partial charge < -0.3 is 4.98 Å². The molecule has 15 heavy (non-hydrogen) atoms. The van der Waals surface area contributed by atoms with Crippen LogP contribution in [0.4, 0.5) is 0 Å². The first-order chi connectivity index (χ1) is 7.00. The molecule has 0 atom stereocenters. The fourth-order valence-corrected chi connectivity index (χ4v) is 2.20. The van der Waals surface area contributed by atoms with E-state index in [-0.39, 0.29) is 5.43 Å². The van der Waals surface area contributed by atoms with Gasteiger partial charge in [-0.1, -0.05) is 11.6 Å². The number of fused-ring (bicyclic) bond motifs is 1. The minimum atomic E-state index is -0.0214. The smallest absolute Gasteiger partial charge is 0.203 e. The van der Waals surface area contributed by atoms with Crippen molar-refractivity contribution in [1.29, 1.82) is 0 Å². The van der Waals surface area contributed by atoms with Crippen LogP contribution in [0, 0.1) is 13.8 Å². The highest BCUT2D eigenvalue weighted by molar-refractivity contribution is 9.10. The van der Waals surface area contributed by atoms with Crippen LogP contribution in [0.1, 0.15) is 11.3 Å². The van der Waals surface area contributed by atoms with Gasteiger partial charge in [-0.2, -0.15) is 0 Å². The number of aromatic nitrogens is 1. The van der Waals surface area contributed by atoms with Crippen LogP contribution in [0.15, 0.2) is 21.4 Å². The molecule has 0 fully saturated rings. The molecule has 0 spiro atoms. The highest BCUT2D eigenvalue weighted by Crippen LogP contribution is 2.22. The summed E-state index contributed by atoms with van der Waals surface area (Å²) in [5, 5.41) is 1.21. The Morgan fingerprint density at radius 2 is 2.00 bits per heavy atom. The molecule has 1 aromatic heterocycles. The Bertz CT molecular complexity index is 604. The molecular weight excluding hydrogens is 277 g/mol. The monoisotopic (exact) mass is 285 g/mol. The van der Waals surface area contributed by atoms with Gasteiger partial charge in [-0.05, 0) is 47.5 Å². The average molecular weight is 287 g/mol. The number of aromatic amines is 1. The van der Waals surface area contributed by atoms with Crippen LogP contribution in [0.5, 0.6) is 0 Å². The Morgan fingerprint density at radius 3 is 2.67 bits per heavy atom. The maximum Gasteiger partial charge on any atom is 0.203 e. The zero-order valence-corrected chi connectivity index (χ0v) is 10.7. The Morgan fingerprint density at radius 1 is 1.33 bits per heavy atom. The van der Waals surface area contributed by atoms with Gasteiger partial charge in [-0.15, -0.1) is 0 Å². The van der Waals surface area contributed by atoms with E-state index in [1.54, 1.807) is 6.07 Å². The number of pyridine rings is 1. The van der Waals surface area contributed by atoms with E-state index in [0.29, 0.717) is 14.9 Å². The minimum absolute atomic E-state index is 0.0214. The maximum absolute atomic E-state index is 11.9. The standard InChI is InChI=1S/C11H9BrClNO/c1-5-3-7(13)4-8-10(5)14-6(2)9(12)11(8)15/h3-4H,1-2H3,(H,14,15). The van der Waals surface area contributed by atoms with Crippen molar-refractivity contribution in [2.45, 2.75) is 13.8 Å². The number of H-pyrrole nitrogens is 1. The molecule has 0 aliphatic carbocycles. The van der Waals surface area contributed by atoms with Gasteiger partial charge in [-0.25, -0.2) is 0 Å². The second-order valence-corrected chi connectivity index (χ2v) is 4.77. The van der Waals surface area contributed by atoms with Crippen LogP contribution in [0.25, 0.3) is 10.9 Å². The molecule has 0 radical (unpaired) electrons.